The van der Waals surface area contributed by atoms with Gasteiger partial charge < -0.3 is 0 Å². The number of hydrogen-bond donors (Lipinski definition) is 0. The predicted molar refractivity (Wildman–Crippen MR) is 75.4 cm³/mol. The summed E-state index contributed by atoms with van der Waals surface area (Å²) >= 11 is 7.95. The minimum Gasteiger partial charge on any atom is -0.206 e. The predicted octanol–water partition coefficient (Wildman–Crippen LogP) is 4.45. The van der Waals surface area contributed by atoms with E-state index in [2.05, 4.69) is 26.1 Å². The van der Waals surface area contributed by atoms with E-state index in [1.165, 1.54) is 6.07 Å². The summed E-state index contributed by atoms with van der Waals surface area (Å²) in [5.74, 6) is 0.529. The minimum absolute atomic E-state index is 0.237. The number of nitrogens with zero attached hydrogens (tertiary/aromatic N) is 2. The number of aromatic nitrogens is 2. The van der Waals surface area contributed by atoms with Crippen molar-refractivity contribution in [3.63, 3.8) is 0 Å². The van der Waals surface area contributed by atoms with Crippen LogP contribution in [0.15, 0.2) is 31.4 Å². The summed E-state index contributed by atoms with van der Waals surface area (Å²) in [6.45, 7) is 0. The van der Waals surface area contributed by atoms with Gasteiger partial charge >= 0.3 is 0 Å². The second-order valence-corrected chi connectivity index (χ2v) is 7.18. The zero-order valence-electron chi connectivity index (χ0n) is 8.81. The molecular weight excluding hydrogens is 343 g/mol. The Morgan fingerprint density at radius 2 is 2.12 bits per heavy atom. The minimum atomic E-state index is -0.237. The molecule has 0 amide bonds. The summed E-state index contributed by atoms with van der Waals surface area (Å²) in [5.41, 5.74) is 1.06. The van der Waals surface area contributed by atoms with E-state index in [1.807, 2.05) is 6.26 Å². The van der Waals surface area contributed by atoms with E-state index in [-0.39, 0.29) is 5.82 Å². The molecule has 0 aliphatic heterocycles. The van der Waals surface area contributed by atoms with Crippen LogP contribution in [-0.4, -0.2) is 16.5 Å². The lowest BCUT2D eigenvalue weighted by Crippen LogP contribution is -1.83. The van der Waals surface area contributed by atoms with Gasteiger partial charge in [-0.1, -0.05) is 40.9 Å². The Morgan fingerprint density at radius 3 is 2.76 bits per heavy atom. The lowest BCUT2D eigenvalue weighted by molar-refractivity contribution is 0.620. The van der Waals surface area contributed by atoms with E-state index in [1.54, 1.807) is 47.0 Å². The summed E-state index contributed by atoms with van der Waals surface area (Å²) in [6.07, 6.45) is 1.98. The third kappa shape index (κ3) is 3.67. The van der Waals surface area contributed by atoms with Gasteiger partial charge in [-0.05, 0) is 39.9 Å². The third-order valence-electron chi connectivity index (χ3n) is 1.91. The van der Waals surface area contributed by atoms with Crippen molar-refractivity contribution in [2.24, 2.45) is 0 Å². The molecule has 0 unspecified atom stereocenters. The van der Waals surface area contributed by atoms with Crippen LogP contribution in [0.25, 0.3) is 0 Å². The molecule has 1 heterocycles. The molecule has 0 radical (unpaired) electrons. The molecule has 0 saturated carbocycles. The van der Waals surface area contributed by atoms with E-state index in [0.717, 1.165) is 20.0 Å². The fourth-order valence-corrected chi connectivity index (χ4v) is 3.92. The van der Waals surface area contributed by atoms with Gasteiger partial charge in [0.2, 0.25) is 0 Å². The van der Waals surface area contributed by atoms with Gasteiger partial charge in [0.25, 0.3) is 0 Å². The van der Waals surface area contributed by atoms with Crippen molar-refractivity contribution in [2.45, 2.75) is 14.4 Å². The molecule has 0 N–H and O–H groups in total. The molecule has 0 fully saturated rings. The van der Waals surface area contributed by atoms with Gasteiger partial charge in [-0.15, -0.1) is 10.2 Å². The number of halogens is 2. The SMILES string of the molecule is CSc1nnc(SCc2ccc(F)c(Br)c2)s1. The average Bonchev–Trinajstić information content (AvgIpc) is 2.79. The number of benzene rings is 1. The van der Waals surface area contributed by atoms with Gasteiger partial charge in [0.15, 0.2) is 8.68 Å². The summed E-state index contributed by atoms with van der Waals surface area (Å²) in [7, 11) is 0. The number of rotatable bonds is 4. The van der Waals surface area contributed by atoms with Crippen molar-refractivity contribution >= 4 is 50.8 Å². The maximum absolute atomic E-state index is 13.0. The van der Waals surface area contributed by atoms with Crippen LogP contribution in [0.5, 0.6) is 0 Å². The van der Waals surface area contributed by atoms with Gasteiger partial charge in [0.05, 0.1) is 4.47 Å². The maximum Gasteiger partial charge on any atom is 0.175 e. The van der Waals surface area contributed by atoms with Gasteiger partial charge in [-0.2, -0.15) is 0 Å². The van der Waals surface area contributed by atoms with Crippen LogP contribution < -0.4 is 0 Å². The monoisotopic (exact) mass is 350 g/mol. The molecule has 17 heavy (non-hydrogen) atoms. The van der Waals surface area contributed by atoms with Gasteiger partial charge in [-0.3, -0.25) is 0 Å². The Morgan fingerprint density at radius 1 is 1.35 bits per heavy atom. The number of thioether (sulfide) groups is 2. The van der Waals surface area contributed by atoms with E-state index in [4.69, 9.17) is 0 Å². The lowest BCUT2D eigenvalue weighted by Gasteiger charge is -2.00. The first-order chi connectivity index (χ1) is 8.19. The molecular formula is C10H8BrFN2S3. The summed E-state index contributed by atoms with van der Waals surface area (Å²) < 4.78 is 15.4. The van der Waals surface area contributed by atoms with E-state index in [0.29, 0.717) is 4.47 Å². The number of hydrogen-bond acceptors (Lipinski definition) is 5. The smallest absolute Gasteiger partial charge is 0.175 e. The van der Waals surface area contributed by atoms with Gasteiger partial charge in [0, 0.05) is 5.75 Å². The second-order valence-electron chi connectivity index (χ2n) is 3.08. The molecule has 2 aromatic rings. The van der Waals surface area contributed by atoms with Gasteiger partial charge in [0.1, 0.15) is 5.82 Å². The van der Waals surface area contributed by atoms with Crippen molar-refractivity contribution < 1.29 is 4.39 Å². The molecule has 7 heteroatoms. The quantitative estimate of drug-likeness (QED) is 0.760. The molecule has 0 aliphatic carbocycles. The highest BCUT2D eigenvalue weighted by atomic mass is 79.9. The lowest BCUT2D eigenvalue weighted by atomic mass is 10.2. The van der Waals surface area contributed by atoms with Crippen LogP contribution in [0.1, 0.15) is 5.56 Å². The molecule has 2 nitrogen and oxygen atoms in total. The standard InChI is InChI=1S/C10H8BrFN2S3/c1-15-9-13-14-10(17-9)16-5-6-2-3-8(12)7(11)4-6/h2-4H,5H2,1H3. The summed E-state index contributed by atoms with van der Waals surface area (Å²) in [4.78, 5) is 0. The first kappa shape index (κ1) is 13.3. The van der Waals surface area contributed by atoms with Crippen molar-refractivity contribution in [1.29, 1.82) is 0 Å². The summed E-state index contributed by atoms with van der Waals surface area (Å²) in [5, 5.41) is 8.09. The Labute approximate surface area is 120 Å². The summed E-state index contributed by atoms with van der Waals surface area (Å²) in [6, 6.07) is 5.04. The highest BCUT2D eigenvalue weighted by molar-refractivity contribution is 9.10. The maximum atomic E-state index is 13.0. The molecule has 1 aromatic heterocycles. The Bertz CT molecular complexity index is 518. The first-order valence-electron chi connectivity index (χ1n) is 4.63. The largest absolute Gasteiger partial charge is 0.206 e. The molecule has 0 atom stereocenters. The fourth-order valence-electron chi connectivity index (χ4n) is 1.11. The van der Waals surface area contributed by atoms with Crippen molar-refractivity contribution in [3.05, 3.63) is 34.1 Å². The molecule has 0 bridgehead atoms. The molecule has 0 spiro atoms. The average molecular weight is 351 g/mol. The zero-order chi connectivity index (χ0) is 12.3. The topological polar surface area (TPSA) is 25.8 Å². The highest BCUT2D eigenvalue weighted by Gasteiger charge is 2.05. The van der Waals surface area contributed by atoms with Crippen molar-refractivity contribution in [1.82, 2.24) is 10.2 Å². The van der Waals surface area contributed by atoms with E-state index in [9.17, 15) is 4.39 Å². The Hall–Kier alpha value is -0.110. The second kappa shape index (κ2) is 6.17. The highest BCUT2D eigenvalue weighted by Crippen LogP contribution is 2.30. The Kier molecular flexibility index (Phi) is 4.84. The molecule has 0 saturated heterocycles. The van der Waals surface area contributed by atoms with Crippen LogP contribution in [0.3, 0.4) is 0 Å². The molecule has 0 aliphatic rings. The first-order valence-corrected chi connectivity index (χ1v) is 8.45. The fraction of sp³-hybridized carbons (Fsp3) is 0.200. The van der Waals surface area contributed by atoms with Crippen molar-refractivity contribution in [3.8, 4) is 0 Å². The van der Waals surface area contributed by atoms with Crippen LogP contribution in [0.4, 0.5) is 4.39 Å². The van der Waals surface area contributed by atoms with Gasteiger partial charge in [-0.25, -0.2) is 4.39 Å². The van der Waals surface area contributed by atoms with E-state index >= 15 is 0 Å². The molecule has 1 aromatic carbocycles. The zero-order valence-corrected chi connectivity index (χ0v) is 12.8. The van der Waals surface area contributed by atoms with Crippen LogP contribution in [-0.2, 0) is 5.75 Å². The van der Waals surface area contributed by atoms with Crippen molar-refractivity contribution in [2.75, 3.05) is 6.26 Å². The van der Waals surface area contributed by atoms with Crippen LogP contribution in [0.2, 0.25) is 0 Å². The van der Waals surface area contributed by atoms with Crippen LogP contribution in [0, 0.1) is 5.82 Å². The van der Waals surface area contributed by atoms with E-state index < -0.39 is 0 Å². The molecule has 90 valence electrons. The third-order valence-corrected chi connectivity index (χ3v) is 5.62. The van der Waals surface area contributed by atoms with Crippen LogP contribution >= 0.6 is 50.8 Å². The molecule has 2 rings (SSSR count). The normalized spacial score (nSPS) is 10.8. The Balaban J connectivity index is 1.99.